The summed E-state index contributed by atoms with van der Waals surface area (Å²) in [7, 11) is 0. The highest BCUT2D eigenvalue weighted by Gasteiger charge is 2.07. The number of aliphatic imine (C=N–C) groups is 1. The predicted octanol–water partition coefficient (Wildman–Crippen LogP) is 2.85. The summed E-state index contributed by atoms with van der Waals surface area (Å²) in [6.07, 6.45) is 2.34. The van der Waals surface area contributed by atoms with Gasteiger partial charge in [-0.1, -0.05) is 13.8 Å². The first-order chi connectivity index (χ1) is 8.75. The van der Waals surface area contributed by atoms with Crippen molar-refractivity contribution in [3.05, 3.63) is 29.8 Å². The topological polar surface area (TPSA) is 33.6 Å². The normalized spacial score (nSPS) is 14.5. The van der Waals surface area contributed by atoms with Crippen molar-refractivity contribution in [2.75, 3.05) is 19.7 Å². The Morgan fingerprint density at radius 2 is 2.06 bits per heavy atom. The van der Waals surface area contributed by atoms with Crippen LogP contribution in [0, 0.1) is 5.92 Å². The van der Waals surface area contributed by atoms with Crippen LogP contribution in [0.5, 0.6) is 5.75 Å². The number of nitrogens with one attached hydrogen (secondary N) is 1. The molecule has 0 atom stereocenters. The van der Waals surface area contributed by atoms with Gasteiger partial charge in [0.25, 0.3) is 0 Å². The molecule has 0 unspecified atom stereocenters. The van der Waals surface area contributed by atoms with Gasteiger partial charge in [-0.3, -0.25) is 4.99 Å². The lowest BCUT2D eigenvalue weighted by molar-refractivity contribution is 0.297. The first-order valence-corrected chi connectivity index (χ1v) is 6.77. The van der Waals surface area contributed by atoms with E-state index < -0.39 is 0 Å². The summed E-state index contributed by atoms with van der Waals surface area (Å²) in [5, 5.41) is 3.27. The molecule has 0 amide bonds. The first-order valence-electron chi connectivity index (χ1n) is 6.77. The molecule has 0 aromatic heterocycles. The van der Waals surface area contributed by atoms with Crippen molar-refractivity contribution < 1.29 is 4.74 Å². The maximum absolute atomic E-state index is 5.71. The Balaban J connectivity index is 1.80. The van der Waals surface area contributed by atoms with Crippen molar-refractivity contribution in [1.82, 2.24) is 5.32 Å². The molecule has 0 spiro atoms. The second-order valence-electron chi connectivity index (χ2n) is 5.07. The van der Waals surface area contributed by atoms with Gasteiger partial charge in [-0.15, -0.1) is 0 Å². The van der Waals surface area contributed by atoms with Crippen LogP contribution in [0.15, 0.2) is 29.3 Å². The number of ether oxygens (including phenoxy) is 1. The van der Waals surface area contributed by atoms with Gasteiger partial charge in [0, 0.05) is 12.1 Å². The Morgan fingerprint density at radius 1 is 1.28 bits per heavy atom. The maximum atomic E-state index is 5.71. The van der Waals surface area contributed by atoms with Crippen LogP contribution in [0.2, 0.25) is 0 Å². The SMILES string of the molecule is CC(C)CCCOc1ccc(C2=NCCN2)cc1. The molecule has 0 saturated heterocycles. The van der Waals surface area contributed by atoms with Gasteiger partial charge in [-0.05, 0) is 43.0 Å². The molecular weight excluding hydrogens is 224 g/mol. The van der Waals surface area contributed by atoms with Crippen molar-refractivity contribution in [3.8, 4) is 5.75 Å². The van der Waals surface area contributed by atoms with Crippen molar-refractivity contribution in [2.24, 2.45) is 10.9 Å². The van der Waals surface area contributed by atoms with Crippen LogP contribution in [0.4, 0.5) is 0 Å². The molecule has 1 aromatic rings. The van der Waals surface area contributed by atoms with Crippen LogP contribution < -0.4 is 10.1 Å². The molecule has 1 heterocycles. The molecule has 0 bridgehead atoms. The number of amidine groups is 1. The number of benzene rings is 1. The highest BCUT2D eigenvalue weighted by Crippen LogP contribution is 2.14. The summed E-state index contributed by atoms with van der Waals surface area (Å²) in [6.45, 7) is 7.11. The molecule has 98 valence electrons. The zero-order valence-electron chi connectivity index (χ0n) is 11.3. The van der Waals surface area contributed by atoms with E-state index in [9.17, 15) is 0 Å². The Morgan fingerprint density at radius 3 is 2.67 bits per heavy atom. The number of hydrogen-bond acceptors (Lipinski definition) is 3. The fraction of sp³-hybridized carbons (Fsp3) is 0.533. The summed E-state index contributed by atoms with van der Waals surface area (Å²) < 4.78 is 5.71. The molecule has 0 saturated carbocycles. The maximum Gasteiger partial charge on any atom is 0.128 e. The van der Waals surface area contributed by atoms with Crippen molar-refractivity contribution in [2.45, 2.75) is 26.7 Å². The number of nitrogens with zero attached hydrogens (tertiary/aromatic N) is 1. The highest BCUT2D eigenvalue weighted by molar-refractivity contribution is 5.99. The molecule has 0 fully saturated rings. The molecule has 3 heteroatoms. The largest absolute Gasteiger partial charge is 0.494 e. The Hall–Kier alpha value is -1.51. The second kappa shape index (κ2) is 6.43. The lowest BCUT2D eigenvalue weighted by Crippen LogP contribution is -2.19. The van der Waals surface area contributed by atoms with Crippen molar-refractivity contribution in [3.63, 3.8) is 0 Å². The van der Waals surface area contributed by atoms with Gasteiger partial charge in [0.05, 0.1) is 13.2 Å². The third kappa shape index (κ3) is 3.76. The predicted molar refractivity (Wildman–Crippen MR) is 75.4 cm³/mol. The summed E-state index contributed by atoms with van der Waals surface area (Å²) in [5.41, 5.74) is 1.14. The van der Waals surface area contributed by atoms with Gasteiger partial charge in [-0.25, -0.2) is 0 Å². The van der Waals surface area contributed by atoms with Crippen LogP contribution in [-0.4, -0.2) is 25.5 Å². The van der Waals surface area contributed by atoms with E-state index in [1.165, 1.54) is 6.42 Å². The molecule has 1 aromatic carbocycles. The monoisotopic (exact) mass is 246 g/mol. The standard InChI is InChI=1S/C15H22N2O/c1-12(2)4-3-11-18-14-7-5-13(6-8-14)15-16-9-10-17-15/h5-8,12H,3-4,9-11H2,1-2H3,(H,16,17). The Kier molecular flexibility index (Phi) is 4.62. The van der Waals surface area contributed by atoms with Crippen LogP contribution in [-0.2, 0) is 0 Å². The van der Waals surface area contributed by atoms with Gasteiger partial charge in [-0.2, -0.15) is 0 Å². The van der Waals surface area contributed by atoms with Crippen LogP contribution in [0.3, 0.4) is 0 Å². The van der Waals surface area contributed by atoms with E-state index in [1.807, 2.05) is 12.1 Å². The zero-order valence-corrected chi connectivity index (χ0v) is 11.3. The van der Waals surface area contributed by atoms with Gasteiger partial charge in [0.15, 0.2) is 0 Å². The molecule has 3 nitrogen and oxygen atoms in total. The zero-order chi connectivity index (χ0) is 12.8. The van der Waals surface area contributed by atoms with Crippen LogP contribution in [0.25, 0.3) is 0 Å². The smallest absolute Gasteiger partial charge is 0.128 e. The molecule has 1 aliphatic rings. The number of hydrogen-bond donors (Lipinski definition) is 1. The summed E-state index contributed by atoms with van der Waals surface area (Å²) >= 11 is 0. The average molecular weight is 246 g/mol. The fourth-order valence-corrected chi connectivity index (χ4v) is 1.98. The fourth-order valence-electron chi connectivity index (χ4n) is 1.98. The van der Waals surface area contributed by atoms with Crippen LogP contribution in [0.1, 0.15) is 32.3 Å². The van der Waals surface area contributed by atoms with E-state index >= 15 is 0 Å². The van der Waals surface area contributed by atoms with Gasteiger partial charge in [0.1, 0.15) is 11.6 Å². The number of rotatable bonds is 6. The van der Waals surface area contributed by atoms with E-state index in [0.717, 1.165) is 49.2 Å². The van der Waals surface area contributed by atoms with Crippen molar-refractivity contribution in [1.29, 1.82) is 0 Å². The molecular formula is C15H22N2O. The summed E-state index contributed by atoms with van der Waals surface area (Å²) in [6, 6.07) is 8.17. The van der Waals surface area contributed by atoms with Gasteiger partial charge >= 0.3 is 0 Å². The lowest BCUT2D eigenvalue weighted by Gasteiger charge is -2.08. The third-order valence-electron chi connectivity index (χ3n) is 3.00. The van der Waals surface area contributed by atoms with E-state index in [1.54, 1.807) is 0 Å². The van der Waals surface area contributed by atoms with Crippen molar-refractivity contribution >= 4 is 5.84 Å². The minimum Gasteiger partial charge on any atom is -0.494 e. The van der Waals surface area contributed by atoms with Gasteiger partial charge < -0.3 is 10.1 Å². The first kappa shape index (κ1) is 12.9. The molecule has 2 rings (SSSR count). The minimum absolute atomic E-state index is 0.752. The highest BCUT2D eigenvalue weighted by atomic mass is 16.5. The molecule has 0 aliphatic carbocycles. The summed E-state index contributed by atoms with van der Waals surface area (Å²) in [4.78, 5) is 4.40. The van der Waals surface area contributed by atoms with Crippen LogP contribution >= 0.6 is 0 Å². The molecule has 1 N–H and O–H groups in total. The lowest BCUT2D eigenvalue weighted by atomic mass is 10.1. The average Bonchev–Trinajstić information content (AvgIpc) is 2.89. The van der Waals surface area contributed by atoms with E-state index in [2.05, 4.69) is 36.3 Å². The van der Waals surface area contributed by atoms with E-state index in [-0.39, 0.29) is 0 Å². The third-order valence-corrected chi connectivity index (χ3v) is 3.00. The molecule has 18 heavy (non-hydrogen) atoms. The molecule has 1 aliphatic heterocycles. The Bertz CT molecular complexity index is 395. The molecule has 0 radical (unpaired) electrons. The van der Waals surface area contributed by atoms with E-state index in [4.69, 9.17) is 4.74 Å². The quantitative estimate of drug-likeness (QED) is 0.783. The minimum atomic E-state index is 0.752. The van der Waals surface area contributed by atoms with E-state index in [0.29, 0.717) is 0 Å². The second-order valence-corrected chi connectivity index (χ2v) is 5.07. The summed E-state index contributed by atoms with van der Waals surface area (Å²) in [5.74, 6) is 2.70. The Labute approximate surface area is 109 Å². The van der Waals surface area contributed by atoms with Gasteiger partial charge in [0.2, 0.25) is 0 Å².